The molecule has 0 aliphatic heterocycles. The highest BCUT2D eigenvalue weighted by Crippen LogP contribution is 2.42. The van der Waals surface area contributed by atoms with Crippen molar-refractivity contribution < 1.29 is 18.0 Å². The number of allylic oxidation sites excluding steroid dienone is 1. The summed E-state index contributed by atoms with van der Waals surface area (Å²) in [6, 6.07) is 0. The molecule has 2 nitrogen and oxygen atoms in total. The normalized spacial score (nSPS) is 16.3. The fraction of sp³-hybridized carbons (Fsp3) is 0.625. The second kappa shape index (κ2) is 3.81. The van der Waals surface area contributed by atoms with E-state index in [0.717, 1.165) is 13.0 Å². The molecule has 1 atom stereocenters. The first-order valence-corrected chi connectivity index (χ1v) is 3.71. The molecule has 0 aromatic carbocycles. The highest BCUT2D eigenvalue weighted by molar-refractivity contribution is 5.73. The van der Waals surface area contributed by atoms with E-state index < -0.39 is 17.5 Å². The van der Waals surface area contributed by atoms with E-state index in [4.69, 9.17) is 5.73 Å². The highest BCUT2D eigenvalue weighted by atomic mass is 19.4. The zero-order chi connectivity index (χ0) is 10.7. The smallest absolute Gasteiger partial charge is 0.370 e. The van der Waals surface area contributed by atoms with Crippen LogP contribution in [0.1, 0.15) is 19.8 Å². The van der Waals surface area contributed by atoms with Crippen LogP contribution in [0.4, 0.5) is 13.2 Å². The Kier molecular flexibility index (Phi) is 3.51. The van der Waals surface area contributed by atoms with Gasteiger partial charge in [0.05, 0.1) is 5.41 Å². The maximum Gasteiger partial charge on any atom is 0.397 e. The lowest BCUT2D eigenvalue weighted by Crippen LogP contribution is -2.34. The van der Waals surface area contributed by atoms with Crippen molar-refractivity contribution in [2.24, 2.45) is 11.1 Å². The van der Waals surface area contributed by atoms with Crippen LogP contribution in [-0.2, 0) is 4.79 Å². The molecule has 0 aromatic heterocycles. The van der Waals surface area contributed by atoms with E-state index in [0.29, 0.717) is 0 Å². The third-order valence-electron chi connectivity index (χ3n) is 1.99. The largest absolute Gasteiger partial charge is 0.397 e. The number of hydrogen-bond acceptors (Lipinski definition) is 1. The maximum atomic E-state index is 12.3. The molecule has 0 rings (SSSR count). The fourth-order valence-corrected chi connectivity index (χ4v) is 0.742. The quantitative estimate of drug-likeness (QED) is 0.685. The minimum Gasteiger partial charge on any atom is -0.370 e. The molecule has 76 valence electrons. The Balaban J connectivity index is 4.47. The Morgan fingerprint density at radius 1 is 1.54 bits per heavy atom. The van der Waals surface area contributed by atoms with Gasteiger partial charge in [0.15, 0.2) is 0 Å². The second-order valence-electron chi connectivity index (χ2n) is 3.09. The number of nitrogens with two attached hydrogens (primary N) is 1. The van der Waals surface area contributed by atoms with Gasteiger partial charge in [-0.15, -0.1) is 6.58 Å². The predicted molar refractivity (Wildman–Crippen MR) is 42.8 cm³/mol. The molecule has 0 heterocycles. The average molecular weight is 195 g/mol. The van der Waals surface area contributed by atoms with Gasteiger partial charge < -0.3 is 5.73 Å². The summed E-state index contributed by atoms with van der Waals surface area (Å²) in [6.45, 7) is 4.09. The zero-order valence-electron chi connectivity index (χ0n) is 7.32. The number of halogens is 3. The number of alkyl halides is 3. The Hall–Kier alpha value is -1.00. The first kappa shape index (κ1) is 12.0. The molecule has 1 unspecified atom stereocenters. The Bertz CT molecular complexity index is 212. The van der Waals surface area contributed by atoms with Crippen LogP contribution in [0.3, 0.4) is 0 Å². The summed E-state index contributed by atoms with van der Waals surface area (Å²) in [5.41, 5.74) is 2.73. The molecule has 0 bridgehead atoms. The van der Waals surface area contributed by atoms with Gasteiger partial charge in [0.1, 0.15) is 0 Å². The number of carbonyl (C=O) groups is 1. The molecule has 0 saturated carbocycles. The molecule has 0 aliphatic rings. The van der Waals surface area contributed by atoms with Gasteiger partial charge in [-0.3, -0.25) is 4.79 Å². The first-order valence-electron chi connectivity index (χ1n) is 3.71. The van der Waals surface area contributed by atoms with Gasteiger partial charge in [-0.05, 0) is 13.3 Å². The SMILES string of the molecule is C=CC(C)(CCC(N)=O)C(F)(F)F. The van der Waals surface area contributed by atoms with Crippen LogP contribution in [0.5, 0.6) is 0 Å². The van der Waals surface area contributed by atoms with Crippen LogP contribution in [0.15, 0.2) is 12.7 Å². The van der Waals surface area contributed by atoms with E-state index in [1.54, 1.807) is 0 Å². The highest BCUT2D eigenvalue weighted by Gasteiger charge is 2.48. The van der Waals surface area contributed by atoms with Crippen molar-refractivity contribution in [1.29, 1.82) is 0 Å². The molecule has 0 aromatic rings. The number of primary amides is 1. The molecular formula is C8H12F3NO. The molecule has 0 aliphatic carbocycles. The van der Waals surface area contributed by atoms with Gasteiger partial charge >= 0.3 is 6.18 Å². The number of carbonyl (C=O) groups excluding carboxylic acids is 1. The summed E-state index contributed by atoms with van der Waals surface area (Å²) in [4.78, 5) is 10.3. The van der Waals surface area contributed by atoms with Crippen molar-refractivity contribution >= 4 is 5.91 Å². The fourth-order valence-electron chi connectivity index (χ4n) is 0.742. The number of hydrogen-bond donors (Lipinski definition) is 1. The van der Waals surface area contributed by atoms with Gasteiger partial charge in [-0.1, -0.05) is 6.08 Å². The van der Waals surface area contributed by atoms with E-state index in [9.17, 15) is 18.0 Å². The third kappa shape index (κ3) is 3.08. The lowest BCUT2D eigenvalue weighted by atomic mass is 9.85. The Morgan fingerprint density at radius 2 is 2.00 bits per heavy atom. The zero-order valence-corrected chi connectivity index (χ0v) is 7.32. The lowest BCUT2D eigenvalue weighted by Gasteiger charge is -2.27. The molecule has 0 fully saturated rings. The van der Waals surface area contributed by atoms with E-state index in [1.807, 2.05) is 0 Å². The van der Waals surface area contributed by atoms with Crippen molar-refractivity contribution in [1.82, 2.24) is 0 Å². The van der Waals surface area contributed by atoms with Crippen molar-refractivity contribution in [2.75, 3.05) is 0 Å². The molecule has 2 N–H and O–H groups in total. The van der Waals surface area contributed by atoms with Gasteiger partial charge in [-0.25, -0.2) is 0 Å². The maximum absolute atomic E-state index is 12.3. The van der Waals surface area contributed by atoms with E-state index >= 15 is 0 Å². The number of amides is 1. The van der Waals surface area contributed by atoms with Crippen molar-refractivity contribution in [3.63, 3.8) is 0 Å². The predicted octanol–water partition coefficient (Wildman–Crippen LogP) is 2.01. The summed E-state index contributed by atoms with van der Waals surface area (Å²) in [6.07, 6.45) is -4.22. The van der Waals surface area contributed by atoms with Gasteiger partial charge in [0.25, 0.3) is 0 Å². The van der Waals surface area contributed by atoms with Crippen LogP contribution in [0, 0.1) is 5.41 Å². The third-order valence-corrected chi connectivity index (χ3v) is 1.99. The lowest BCUT2D eigenvalue weighted by molar-refractivity contribution is -0.202. The van der Waals surface area contributed by atoms with Gasteiger partial charge in [0, 0.05) is 6.42 Å². The minimum absolute atomic E-state index is 0.290. The van der Waals surface area contributed by atoms with Crippen molar-refractivity contribution in [3.8, 4) is 0 Å². The summed E-state index contributed by atoms with van der Waals surface area (Å²) in [5, 5.41) is 0. The van der Waals surface area contributed by atoms with Crippen molar-refractivity contribution in [3.05, 3.63) is 12.7 Å². The molecule has 1 amide bonds. The minimum atomic E-state index is -4.38. The molecule has 13 heavy (non-hydrogen) atoms. The van der Waals surface area contributed by atoms with Crippen LogP contribution in [0.2, 0.25) is 0 Å². The molecular weight excluding hydrogens is 183 g/mol. The average Bonchev–Trinajstić information content (AvgIpc) is 1.98. The van der Waals surface area contributed by atoms with Crippen LogP contribution < -0.4 is 5.73 Å². The first-order chi connectivity index (χ1) is 5.73. The standard InChI is InChI=1S/C8H12F3NO/c1-3-7(2,8(9,10)11)5-4-6(12)13/h3H,1,4-5H2,2H3,(H2,12,13). The summed E-state index contributed by atoms with van der Waals surface area (Å²) >= 11 is 0. The summed E-state index contributed by atoms with van der Waals surface area (Å²) in [7, 11) is 0. The summed E-state index contributed by atoms with van der Waals surface area (Å²) < 4.78 is 37.0. The van der Waals surface area contributed by atoms with E-state index in [1.165, 1.54) is 0 Å². The monoisotopic (exact) mass is 195 g/mol. The number of rotatable bonds is 4. The topological polar surface area (TPSA) is 43.1 Å². The van der Waals surface area contributed by atoms with Crippen LogP contribution in [0.25, 0.3) is 0 Å². The Labute approximate surface area is 74.6 Å². The Morgan fingerprint density at radius 3 is 2.23 bits per heavy atom. The van der Waals surface area contributed by atoms with Crippen LogP contribution in [-0.4, -0.2) is 12.1 Å². The molecule has 0 saturated heterocycles. The van der Waals surface area contributed by atoms with E-state index in [-0.39, 0.29) is 12.8 Å². The molecule has 0 spiro atoms. The van der Waals surface area contributed by atoms with Crippen LogP contribution >= 0.6 is 0 Å². The summed E-state index contributed by atoms with van der Waals surface area (Å²) in [5.74, 6) is -0.739. The molecule has 0 radical (unpaired) electrons. The molecule has 5 heteroatoms. The van der Waals surface area contributed by atoms with E-state index in [2.05, 4.69) is 6.58 Å². The van der Waals surface area contributed by atoms with Gasteiger partial charge in [-0.2, -0.15) is 13.2 Å². The van der Waals surface area contributed by atoms with Gasteiger partial charge in [0.2, 0.25) is 5.91 Å². The second-order valence-corrected chi connectivity index (χ2v) is 3.09. The van der Waals surface area contributed by atoms with Crippen molar-refractivity contribution in [2.45, 2.75) is 25.9 Å².